The van der Waals surface area contributed by atoms with E-state index in [4.69, 9.17) is 4.74 Å². The van der Waals surface area contributed by atoms with Crippen molar-refractivity contribution < 1.29 is 14.3 Å². The minimum Gasteiger partial charge on any atom is -0.468 e. The van der Waals surface area contributed by atoms with Crippen molar-refractivity contribution in [3.05, 3.63) is 35.9 Å². The molecule has 19 heavy (non-hydrogen) atoms. The highest BCUT2D eigenvalue weighted by atomic mass is 32.2. The number of hydrogen-bond acceptors (Lipinski definition) is 4. The summed E-state index contributed by atoms with van der Waals surface area (Å²) in [5.41, 5.74) is 1.15. The molecule has 3 nitrogen and oxygen atoms in total. The molecular formula is C15H20O3S. The Morgan fingerprint density at radius 3 is 2.58 bits per heavy atom. The van der Waals surface area contributed by atoms with Crippen molar-refractivity contribution in [2.24, 2.45) is 5.92 Å². The Hall–Kier alpha value is -1.29. The van der Waals surface area contributed by atoms with Crippen molar-refractivity contribution in [2.45, 2.75) is 30.8 Å². The average molecular weight is 280 g/mol. The van der Waals surface area contributed by atoms with Crippen LogP contribution < -0.4 is 0 Å². The highest BCUT2D eigenvalue weighted by Gasteiger charge is 2.36. The molecule has 1 rings (SSSR count). The molecular weight excluding hydrogens is 260 g/mol. The van der Waals surface area contributed by atoms with Crippen molar-refractivity contribution >= 4 is 24.0 Å². The first-order valence-electron chi connectivity index (χ1n) is 6.23. The predicted molar refractivity (Wildman–Crippen MR) is 78.0 cm³/mol. The van der Waals surface area contributed by atoms with Gasteiger partial charge in [-0.2, -0.15) is 0 Å². The van der Waals surface area contributed by atoms with Crippen molar-refractivity contribution in [1.29, 1.82) is 0 Å². The Kier molecular flexibility index (Phi) is 6.09. The number of benzene rings is 1. The van der Waals surface area contributed by atoms with Gasteiger partial charge in [-0.15, -0.1) is 11.8 Å². The fraction of sp³-hybridized carbons (Fsp3) is 0.467. The number of methoxy groups -OCH3 is 1. The number of aldehydes is 1. The minimum absolute atomic E-state index is 0.160. The zero-order valence-corrected chi connectivity index (χ0v) is 12.4. The molecule has 0 spiro atoms. The Labute approximate surface area is 118 Å². The first kappa shape index (κ1) is 15.8. The van der Waals surface area contributed by atoms with Gasteiger partial charge < -0.3 is 9.53 Å². The quantitative estimate of drug-likeness (QED) is 0.568. The van der Waals surface area contributed by atoms with Gasteiger partial charge >= 0.3 is 5.97 Å². The normalized spacial score (nSPS) is 15.3. The fourth-order valence-corrected chi connectivity index (χ4v) is 3.16. The third-order valence-electron chi connectivity index (χ3n) is 2.96. The van der Waals surface area contributed by atoms with Crippen LogP contribution in [-0.4, -0.2) is 24.1 Å². The van der Waals surface area contributed by atoms with Crippen molar-refractivity contribution in [2.75, 3.05) is 7.11 Å². The summed E-state index contributed by atoms with van der Waals surface area (Å²) in [5.74, 6) is 0.285. The number of esters is 1. The second-order valence-corrected chi connectivity index (χ2v) is 6.29. The smallest absolute Gasteiger partial charge is 0.321 e. The van der Waals surface area contributed by atoms with E-state index >= 15 is 0 Å². The number of carbonyl (C=O) groups excluding carboxylic acids is 2. The summed E-state index contributed by atoms with van der Waals surface area (Å²) in [6.07, 6.45) is 1.37. The lowest BCUT2D eigenvalue weighted by Gasteiger charge is -2.27. The molecule has 0 bridgehead atoms. The maximum absolute atomic E-state index is 11.9. The number of carbonyl (C=O) groups is 2. The van der Waals surface area contributed by atoms with Crippen molar-refractivity contribution in [3.8, 4) is 0 Å². The molecule has 0 aliphatic rings. The van der Waals surface area contributed by atoms with E-state index in [0.29, 0.717) is 6.42 Å². The molecule has 0 N–H and O–H groups in total. The Bertz CT molecular complexity index is 419. The van der Waals surface area contributed by atoms with E-state index in [2.05, 4.69) is 0 Å². The first-order chi connectivity index (χ1) is 9.01. The van der Waals surface area contributed by atoms with Gasteiger partial charge in [0, 0.05) is 11.7 Å². The van der Waals surface area contributed by atoms with Crippen LogP contribution >= 0.6 is 11.8 Å². The number of hydrogen-bond donors (Lipinski definition) is 0. The third kappa shape index (κ3) is 4.71. The molecule has 0 heterocycles. The van der Waals surface area contributed by atoms with E-state index < -0.39 is 4.75 Å². The molecule has 0 saturated heterocycles. The zero-order chi connectivity index (χ0) is 14.3. The Balaban J connectivity index is 2.74. The van der Waals surface area contributed by atoms with E-state index in [9.17, 15) is 9.59 Å². The van der Waals surface area contributed by atoms with Gasteiger partial charge in [-0.3, -0.25) is 4.79 Å². The van der Waals surface area contributed by atoms with E-state index in [-0.39, 0.29) is 11.9 Å². The van der Waals surface area contributed by atoms with Gasteiger partial charge in [0.05, 0.1) is 7.11 Å². The largest absolute Gasteiger partial charge is 0.468 e. The molecule has 0 radical (unpaired) electrons. The zero-order valence-electron chi connectivity index (χ0n) is 11.6. The molecule has 0 aliphatic heterocycles. The SMILES string of the molecule is COC(=O)C(C)(CC(C)C=O)SCc1ccccc1. The molecule has 0 saturated carbocycles. The van der Waals surface area contributed by atoms with Crippen LogP contribution in [0.1, 0.15) is 25.8 Å². The molecule has 0 fully saturated rings. The van der Waals surface area contributed by atoms with Gasteiger partial charge in [0.2, 0.25) is 0 Å². The van der Waals surface area contributed by atoms with Crippen LogP contribution in [-0.2, 0) is 20.1 Å². The van der Waals surface area contributed by atoms with Gasteiger partial charge in [-0.25, -0.2) is 0 Å². The van der Waals surface area contributed by atoms with Crippen LogP contribution in [0.5, 0.6) is 0 Å². The highest BCUT2D eigenvalue weighted by molar-refractivity contribution is 8.00. The average Bonchev–Trinajstić information content (AvgIpc) is 2.45. The van der Waals surface area contributed by atoms with E-state index in [1.54, 1.807) is 0 Å². The van der Waals surface area contributed by atoms with Gasteiger partial charge in [-0.1, -0.05) is 37.3 Å². The predicted octanol–water partition coefficient (Wildman–Crippen LogP) is 3.08. The van der Waals surface area contributed by atoms with Crippen LogP contribution in [0.2, 0.25) is 0 Å². The molecule has 4 heteroatoms. The molecule has 1 aromatic carbocycles. The fourth-order valence-electron chi connectivity index (χ4n) is 1.90. The summed E-state index contributed by atoms with van der Waals surface area (Å²) in [5, 5.41) is 0. The summed E-state index contributed by atoms with van der Waals surface area (Å²) in [6, 6.07) is 9.95. The van der Waals surface area contributed by atoms with E-state index in [1.165, 1.54) is 18.9 Å². The number of thioether (sulfide) groups is 1. The molecule has 2 unspecified atom stereocenters. The van der Waals surface area contributed by atoms with Crippen LogP contribution in [0.4, 0.5) is 0 Å². The Morgan fingerprint density at radius 1 is 1.42 bits per heavy atom. The lowest BCUT2D eigenvalue weighted by atomic mass is 9.98. The van der Waals surface area contributed by atoms with Gasteiger partial charge in [-0.05, 0) is 18.9 Å². The van der Waals surface area contributed by atoms with Gasteiger partial charge in [0.1, 0.15) is 11.0 Å². The van der Waals surface area contributed by atoms with E-state index in [0.717, 1.165) is 17.6 Å². The summed E-state index contributed by atoms with van der Waals surface area (Å²) in [6.45, 7) is 3.66. The molecule has 1 aromatic rings. The maximum Gasteiger partial charge on any atom is 0.321 e. The number of rotatable bonds is 7. The second kappa shape index (κ2) is 7.34. The van der Waals surface area contributed by atoms with E-state index in [1.807, 2.05) is 44.2 Å². The van der Waals surface area contributed by atoms with Crippen LogP contribution in [0, 0.1) is 5.92 Å². The maximum atomic E-state index is 11.9. The summed E-state index contributed by atoms with van der Waals surface area (Å²) in [4.78, 5) is 22.8. The van der Waals surface area contributed by atoms with Crippen molar-refractivity contribution in [1.82, 2.24) is 0 Å². The van der Waals surface area contributed by atoms with Crippen LogP contribution in [0.15, 0.2) is 30.3 Å². The second-order valence-electron chi connectivity index (χ2n) is 4.81. The number of ether oxygens (including phenoxy) is 1. The lowest BCUT2D eigenvalue weighted by molar-refractivity contribution is -0.143. The standard InChI is InChI=1S/C15H20O3S/c1-12(10-16)9-15(2,14(17)18-3)19-11-13-7-5-4-6-8-13/h4-8,10,12H,9,11H2,1-3H3. The first-order valence-corrected chi connectivity index (χ1v) is 7.22. The monoisotopic (exact) mass is 280 g/mol. The molecule has 0 amide bonds. The lowest BCUT2D eigenvalue weighted by Crippen LogP contribution is -2.35. The van der Waals surface area contributed by atoms with Crippen LogP contribution in [0.3, 0.4) is 0 Å². The van der Waals surface area contributed by atoms with Crippen LogP contribution in [0.25, 0.3) is 0 Å². The third-order valence-corrected chi connectivity index (χ3v) is 4.41. The molecule has 104 valence electrons. The summed E-state index contributed by atoms with van der Waals surface area (Å²) >= 11 is 1.52. The summed E-state index contributed by atoms with van der Waals surface area (Å²) < 4.78 is 4.18. The van der Waals surface area contributed by atoms with Crippen molar-refractivity contribution in [3.63, 3.8) is 0 Å². The topological polar surface area (TPSA) is 43.4 Å². The van der Waals surface area contributed by atoms with Gasteiger partial charge in [0.25, 0.3) is 0 Å². The summed E-state index contributed by atoms with van der Waals surface area (Å²) in [7, 11) is 1.38. The molecule has 0 aliphatic carbocycles. The Morgan fingerprint density at radius 2 is 2.05 bits per heavy atom. The van der Waals surface area contributed by atoms with Gasteiger partial charge in [0.15, 0.2) is 0 Å². The highest BCUT2D eigenvalue weighted by Crippen LogP contribution is 2.35. The minimum atomic E-state index is -0.690. The molecule has 2 atom stereocenters. The molecule has 0 aromatic heterocycles.